The quantitative estimate of drug-likeness (QED) is 0.557. The molecule has 0 aliphatic carbocycles. The van der Waals surface area contributed by atoms with Crippen LogP contribution in [0.15, 0.2) is 30.3 Å². The number of hydrogen-bond donors (Lipinski definition) is 0. The summed E-state index contributed by atoms with van der Waals surface area (Å²) in [5, 5.41) is 4.97. The number of ether oxygens (including phenoxy) is 2. The number of likely N-dealkylation sites (N-methyl/N-ethyl adjacent to an activating group) is 1. The highest BCUT2D eigenvalue weighted by Gasteiger charge is 2.20. The van der Waals surface area contributed by atoms with Gasteiger partial charge in [-0.2, -0.15) is 5.10 Å². The fourth-order valence-electron chi connectivity index (χ4n) is 3.27. The SMILES string of the molecule is CCOc1ccc(CN(C)C(=O)COC(=O)c2cc(C)nc3c2c(C)nn3C)cc1. The molecule has 0 unspecified atom stereocenters. The summed E-state index contributed by atoms with van der Waals surface area (Å²) < 4.78 is 12.4. The minimum absolute atomic E-state index is 0.290. The van der Waals surface area contributed by atoms with Gasteiger partial charge in [0.15, 0.2) is 12.3 Å². The summed E-state index contributed by atoms with van der Waals surface area (Å²) in [7, 11) is 3.45. The van der Waals surface area contributed by atoms with Crippen molar-refractivity contribution in [2.45, 2.75) is 27.3 Å². The first-order chi connectivity index (χ1) is 14.3. The van der Waals surface area contributed by atoms with Crippen LogP contribution in [0.1, 0.15) is 34.2 Å². The first kappa shape index (κ1) is 21.3. The molecular weight excluding hydrogens is 384 g/mol. The zero-order valence-corrected chi connectivity index (χ0v) is 17.9. The van der Waals surface area contributed by atoms with Crippen molar-refractivity contribution in [2.75, 3.05) is 20.3 Å². The van der Waals surface area contributed by atoms with E-state index in [-0.39, 0.29) is 12.5 Å². The normalized spacial score (nSPS) is 10.8. The molecule has 0 spiro atoms. The van der Waals surface area contributed by atoms with E-state index >= 15 is 0 Å². The molecule has 30 heavy (non-hydrogen) atoms. The molecule has 1 aromatic carbocycles. The van der Waals surface area contributed by atoms with Crippen molar-refractivity contribution in [3.63, 3.8) is 0 Å². The summed E-state index contributed by atoms with van der Waals surface area (Å²) >= 11 is 0. The lowest BCUT2D eigenvalue weighted by molar-refractivity contribution is -0.133. The molecule has 158 valence electrons. The van der Waals surface area contributed by atoms with Gasteiger partial charge in [0, 0.05) is 26.3 Å². The first-order valence-electron chi connectivity index (χ1n) is 9.74. The summed E-state index contributed by atoms with van der Waals surface area (Å²) in [6.45, 7) is 6.21. The van der Waals surface area contributed by atoms with Crippen LogP contribution in [-0.4, -0.2) is 51.8 Å². The predicted molar refractivity (Wildman–Crippen MR) is 112 cm³/mol. The Bertz CT molecular complexity index is 1070. The highest BCUT2D eigenvalue weighted by molar-refractivity contribution is 6.04. The topological polar surface area (TPSA) is 86.5 Å². The Hall–Kier alpha value is -3.42. The number of carbonyl (C=O) groups is 2. The lowest BCUT2D eigenvalue weighted by Gasteiger charge is -2.17. The number of hydrogen-bond acceptors (Lipinski definition) is 6. The highest BCUT2D eigenvalue weighted by Crippen LogP contribution is 2.22. The molecule has 0 fully saturated rings. The maximum absolute atomic E-state index is 12.7. The zero-order chi connectivity index (χ0) is 21.8. The Balaban J connectivity index is 1.64. The third-order valence-corrected chi connectivity index (χ3v) is 4.72. The molecule has 0 atom stereocenters. The second kappa shape index (κ2) is 8.94. The molecule has 2 aromatic heterocycles. The van der Waals surface area contributed by atoms with Gasteiger partial charge >= 0.3 is 5.97 Å². The van der Waals surface area contributed by atoms with Crippen LogP contribution in [0.5, 0.6) is 5.75 Å². The van der Waals surface area contributed by atoms with Crippen molar-refractivity contribution in [3.05, 3.63) is 52.8 Å². The van der Waals surface area contributed by atoms with Gasteiger partial charge in [-0.1, -0.05) is 12.1 Å². The van der Waals surface area contributed by atoms with Gasteiger partial charge in [0.25, 0.3) is 5.91 Å². The second-order valence-corrected chi connectivity index (χ2v) is 7.12. The molecule has 0 radical (unpaired) electrons. The second-order valence-electron chi connectivity index (χ2n) is 7.12. The van der Waals surface area contributed by atoms with E-state index < -0.39 is 5.97 Å². The Labute approximate surface area is 175 Å². The Morgan fingerprint density at radius 2 is 1.87 bits per heavy atom. The summed E-state index contributed by atoms with van der Waals surface area (Å²) in [4.78, 5) is 31.1. The zero-order valence-electron chi connectivity index (χ0n) is 17.9. The number of esters is 1. The van der Waals surface area contributed by atoms with E-state index in [0.29, 0.717) is 41.1 Å². The molecule has 3 rings (SSSR count). The van der Waals surface area contributed by atoms with E-state index in [2.05, 4.69) is 10.1 Å². The van der Waals surface area contributed by atoms with Gasteiger partial charge in [0.2, 0.25) is 0 Å². The molecule has 8 nitrogen and oxygen atoms in total. The molecule has 2 heterocycles. The first-order valence-corrected chi connectivity index (χ1v) is 9.74. The van der Waals surface area contributed by atoms with Crippen LogP contribution < -0.4 is 4.74 Å². The molecule has 0 aliphatic heterocycles. The van der Waals surface area contributed by atoms with E-state index in [4.69, 9.17) is 9.47 Å². The van der Waals surface area contributed by atoms with Crippen LogP contribution in [0.3, 0.4) is 0 Å². The van der Waals surface area contributed by atoms with Gasteiger partial charge in [0.05, 0.1) is 23.3 Å². The minimum Gasteiger partial charge on any atom is -0.494 e. The summed E-state index contributed by atoms with van der Waals surface area (Å²) in [6, 6.07) is 9.20. The summed E-state index contributed by atoms with van der Waals surface area (Å²) in [6.07, 6.45) is 0. The Kier molecular flexibility index (Phi) is 6.34. The van der Waals surface area contributed by atoms with E-state index in [9.17, 15) is 9.59 Å². The number of rotatable bonds is 7. The lowest BCUT2D eigenvalue weighted by Crippen LogP contribution is -2.30. The predicted octanol–water partition coefficient (Wildman–Crippen LogP) is 2.80. The maximum atomic E-state index is 12.7. The van der Waals surface area contributed by atoms with E-state index in [1.165, 1.54) is 4.90 Å². The minimum atomic E-state index is -0.565. The van der Waals surface area contributed by atoms with Crippen LogP contribution in [0.4, 0.5) is 0 Å². The largest absolute Gasteiger partial charge is 0.494 e. The van der Waals surface area contributed by atoms with Gasteiger partial charge < -0.3 is 14.4 Å². The molecule has 0 aliphatic rings. The van der Waals surface area contributed by atoms with Crippen LogP contribution >= 0.6 is 0 Å². The fourth-order valence-corrected chi connectivity index (χ4v) is 3.27. The molecule has 0 N–H and O–H groups in total. The molecule has 1 amide bonds. The van der Waals surface area contributed by atoms with E-state index in [1.54, 1.807) is 31.8 Å². The van der Waals surface area contributed by atoms with E-state index in [1.807, 2.05) is 38.1 Å². The van der Waals surface area contributed by atoms with Crippen molar-refractivity contribution in [1.29, 1.82) is 0 Å². The van der Waals surface area contributed by atoms with Gasteiger partial charge in [0.1, 0.15) is 5.75 Å². The van der Waals surface area contributed by atoms with Gasteiger partial charge in [-0.15, -0.1) is 0 Å². The van der Waals surface area contributed by atoms with E-state index in [0.717, 1.165) is 11.3 Å². The molecule has 0 bridgehead atoms. The maximum Gasteiger partial charge on any atom is 0.339 e. The third-order valence-electron chi connectivity index (χ3n) is 4.72. The van der Waals surface area contributed by atoms with Gasteiger partial charge in [-0.3, -0.25) is 9.48 Å². The number of aromatic nitrogens is 3. The van der Waals surface area contributed by atoms with Crippen LogP contribution in [-0.2, 0) is 23.1 Å². The van der Waals surface area contributed by atoms with Crippen molar-refractivity contribution < 1.29 is 19.1 Å². The van der Waals surface area contributed by atoms with Crippen LogP contribution in [0.25, 0.3) is 11.0 Å². The number of amides is 1. The summed E-state index contributed by atoms with van der Waals surface area (Å²) in [5.41, 5.74) is 3.30. The molecule has 8 heteroatoms. The Morgan fingerprint density at radius 1 is 1.17 bits per heavy atom. The standard InChI is InChI=1S/C22H26N4O4/c1-6-29-17-9-7-16(8-10-17)12-25(4)19(27)13-30-22(28)18-11-14(2)23-21-20(18)15(3)24-26(21)5/h7-11H,6,12-13H2,1-5H3. The Morgan fingerprint density at radius 3 is 2.53 bits per heavy atom. The lowest BCUT2D eigenvalue weighted by atomic mass is 10.1. The molecule has 0 saturated carbocycles. The third kappa shape index (κ3) is 4.59. The van der Waals surface area contributed by atoms with Crippen LogP contribution in [0.2, 0.25) is 0 Å². The molecule has 3 aromatic rings. The average molecular weight is 410 g/mol. The summed E-state index contributed by atoms with van der Waals surface area (Å²) in [5.74, 6) is -0.0691. The molecule has 0 saturated heterocycles. The number of benzene rings is 1. The molecular formula is C22H26N4O4. The number of fused-ring (bicyclic) bond motifs is 1. The number of aryl methyl sites for hydroxylation is 3. The van der Waals surface area contributed by atoms with Gasteiger partial charge in [-0.05, 0) is 44.5 Å². The van der Waals surface area contributed by atoms with Crippen LogP contribution in [0, 0.1) is 13.8 Å². The van der Waals surface area contributed by atoms with Crippen molar-refractivity contribution in [1.82, 2.24) is 19.7 Å². The smallest absolute Gasteiger partial charge is 0.339 e. The number of carbonyl (C=O) groups excluding carboxylic acids is 2. The number of nitrogens with zero attached hydrogens (tertiary/aromatic N) is 4. The van der Waals surface area contributed by atoms with Crippen molar-refractivity contribution >= 4 is 22.9 Å². The number of pyridine rings is 1. The fraction of sp³-hybridized carbons (Fsp3) is 0.364. The highest BCUT2D eigenvalue weighted by atomic mass is 16.5. The van der Waals surface area contributed by atoms with Gasteiger partial charge in [-0.25, -0.2) is 9.78 Å². The monoisotopic (exact) mass is 410 g/mol. The van der Waals surface area contributed by atoms with Crippen molar-refractivity contribution in [2.24, 2.45) is 7.05 Å². The average Bonchev–Trinajstić information content (AvgIpc) is 3.00. The van der Waals surface area contributed by atoms with Crippen molar-refractivity contribution in [3.8, 4) is 5.75 Å².